The number of hydrogen-bond donors (Lipinski definition) is 1. The molecule has 0 aliphatic rings. The van der Waals surface area contributed by atoms with Gasteiger partial charge in [-0.2, -0.15) is 0 Å². The molecule has 0 unspecified atom stereocenters. The van der Waals surface area contributed by atoms with Crippen LogP contribution >= 0.6 is 23.4 Å². The number of aromatic nitrogens is 3. The Labute approximate surface area is 188 Å². The highest BCUT2D eigenvalue weighted by Crippen LogP contribution is 2.20. The summed E-state index contributed by atoms with van der Waals surface area (Å²) < 4.78 is 1.46. The van der Waals surface area contributed by atoms with Crippen LogP contribution in [-0.4, -0.2) is 26.2 Å². The molecule has 1 N–H and O–H groups in total. The Bertz CT molecular complexity index is 1290. The number of fused-ring (bicyclic) bond motifs is 1. The topological polar surface area (TPSA) is 76.9 Å². The molecular weight excluding hydrogens is 432 g/mol. The highest BCUT2D eigenvalue weighted by atomic mass is 35.5. The number of nitrogens with zero attached hydrogens (tertiary/aromatic N) is 3. The van der Waals surface area contributed by atoms with Crippen LogP contribution in [0.3, 0.4) is 0 Å². The van der Waals surface area contributed by atoms with Gasteiger partial charge in [-0.25, -0.2) is 14.5 Å². The van der Waals surface area contributed by atoms with E-state index in [1.807, 2.05) is 31.2 Å². The molecule has 4 rings (SSSR count). The summed E-state index contributed by atoms with van der Waals surface area (Å²) >= 11 is 7.09. The molecule has 4 aromatic rings. The average Bonchev–Trinajstić information content (AvgIpc) is 2.78. The number of carbonyl (C=O) groups excluding carboxylic acids is 1. The highest BCUT2D eigenvalue weighted by molar-refractivity contribution is 7.99. The fourth-order valence-electron chi connectivity index (χ4n) is 2.99. The monoisotopic (exact) mass is 450 g/mol. The van der Waals surface area contributed by atoms with E-state index in [2.05, 4.69) is 15.3 Å². The third-order valence-corrected chi connectivity index (χ3v) is 5.80. The van der Waals surface area contributed by atoms with Gasteiger partial charge in [-0.1, -0.05) is 53.7 Å². The van der Waals surface area contributed by atoms with E-state index in [4.69, 9.17) is 11.6 Å². The maximum absolute atomic E-state index is 13.2. The summed E-state index contributed by atoms with van der Waals surface area (Å²) in [5, 5.41) is 4.44. The zero-order valence-corrected chi connectivity index (χ0v) is 18.3. The van der Waals surface area contributed by atoms with E-state index >= 15 is 0 Å². The lowest BCUT2D eigenvalue weighted by Gasteiger charge is -2.12. The summed E-state index contributed by atoms with van der Waals surface area (Å²) in [6, 6.07) is 18.1. The van der Waals surface area contributed by atoms with Crippen molar-refractivity contribution < 1.29 is 4.79 Å². The molecule has 156 valence electrons. The van der Waals surface area contributed by atoms with Crippen LogP contribution < -0.4 is 10.9 Å². The number of rotatable bonds is 6. The number of halogens is 1. The molecule has 6 nitrogen and oxygen atoms in total. The summed E-state index contributed by atoms with van der Waals surface area (Å²) in [5.41, 5.74) is 2.31. The first-order valence-electron chi connectivity index (χ1n) is 9.60. The van der Waals surface area contributed by atoms with Gasteiger partial charge in [0, 0.05) is 17.8 Å². The number of carbonyl (C=O) groups is 1. The Morgan fingerprint density at radius 2 is 1.87 bits per heavy atom. The summed E-state index contributed by atoms with van der Waals surface area (Å²) in [4.78, 5) is 34.6. The molecule has 2 heterocycles. The maximum Gasteiger partial charge on any atom is 0.267 e. The number of pyridine rings is 1. The first kappa shape index (κ1) is 21.1. The number of nitrogens with one attached hydrogen (secondary N) is 1. The van der Waals surface area contributed by atoms with Crippen molar-refractivity contribution in [1.82, 2.24) is 19.9 Å². The molecule has 0 spiro atoms. The number of hydrogen-bond acceptors (Lipinski definition) is 5. The smallest absolute Gasteiger partial charge is 0.267 e. The molecule has 2 aromatic heterocycles. The first-order chi connectivity index (χ1) is 15.0. The number of para-hydroxylation sites is 1. The van der Waals surface area contributed by atoms with Crippen molar-refractivity contribution in [2.75, 3.05) is 5.75 Å². The molecular formula is C23H19ClN4O2S. The zero-order chi connectivity index (χ0) is 21.8. The fourth-order valence-corrected chi connectivity index (χ4v) is 3.94. The lowest BCUT2D eigenvalue weighted by atomic mass is 10.2. The van der Waals surface area contributed by atoms with Crippen LogP contribution in [0.4, 0.5) is 0 Å². The molecule has 0 aliphatic heterocycles. The molecule has 2 aromatic carbocycles. The summed E-state index contributed by atoms with van der Waals surface area (Å²) in [7, 11) is 0. The van der Waals surface area contributed by atoms with Crippen LogP contribution in [0, 0.1) is 6.92 Å². The van der Waals surface area contributed by atoms with Gasteiger partial charge >= 0.3 is 0 Å². The lowest BCUT2D eigenvalue weighted by Crippen LogP contribution is -2.26. The van der Waals surface area contributed by atoms with Crippen molar-refractivity contribution in [2.45, 2.75) is 18.6 Å². The number of thioether (sulfide) groups is 1. The Hall–Kier alpha value is -3.16. The van der Waals surface area contributed by atoms with Crippen molar-refractivity contribution in [2.24, 2.45) is 0 Å². The highest BCUT2D eigenvalue weighted by Gasteiger charge is 2.15. The van der Waals surface area contributed by atoms with E-state index in [0.717, 1.165) is 11.1 Å². The second-order valence-electron chi connectivity index (χ2n) is 6.94. The largest absolute Gasteiger partial charge is 0.351 e. The van der Waals surface area contributed by atoms with Gasteiger partial charge in [0.1, 0.15) is 5.82 Å². The molecule has 0 fully saturated rings. The van der Waals surface area contributed by atoms with E-state index in [1.165, 1.54) is 16.3 Å². The Morgan fingerprint density at radius 3 is 2.61 bits per heavy atom. The number of amides is 1. The van der Waals surface area contributed by atoms with Gasteiger partial charge in [-0.05, 0) is 48.4 Å². The minimum atomic E-state index is -0.217. The average molecular weight is 451 g/mol. The van der Waals surface area contributed by atoms with E-state index in [0.29, 0.717) is 33.4 Å². The standard InChI is InChI=1S/C23H19ClN4O2S/c1-15-6-11-20(25-12-15)28-22(30)18-4-2-3-5-19(18)27-23(28)31-14-21(29)26-13-16-7-9-17(24)10-8-16/h2-12H,13-14H2,1H3,(H,26,29). The molecule has 8 heteroatoms. The Kier molecular flexibility index (Phi) is 6.34. The van der Waals surface area contributed by atoms with Crippen LogP contribution in [0.15, 0.2) is 76.8 Å². The maximum atomic E-state index is 13.2. The third-order valence-electron chi connectivity index (χ3n) is 4.61. The van der Waals surface area contributed by atoms with E-state index in [9.17, 15) is 9.59 Å². The Balaban J connectivity index is 1.58. The molecule has 0 saturated heterocycles. The number of benzene rings is 2. The minimum absolute atomic E-state index is 0.115. The molecule has 31 heavy (non-hydrogen) atoms. The molecule has 0 aliphatic carbocycles. The van der Waals surface area contributed by atoms with E-state index < -0.39 is 0 Å². The van der Waals surface area contributed by atoms with Gasteiger partial charge in [0.15, 0.2) is 5.16 Å². The van der Waals surface area contributed by atoms with Crippen molar-refractivity contribution in [3.05, 3.63) is 93.4 Å². The quantitative estimate of drug-likeness (QED) is 0.352. The van der Waals surface area contributed by atoms with Crippen LogP contribution in [0.2, 0.25) is 5.02 Å². The van der Waals surface area contributed by atoms with Gasteiger partial charge in [-0.15, -0.1) is 0 Å². The summed E-state index contributed by atoms with van der Waals surface area (Å²) in [5.74, 6) is 0.424. The van der Waals surface area contributed by atoms with Crippen molar-refractivity contribution in [3.63, 3.8) is 0 Å². The second kappa shape index (κ2) is 9.32. The predicted molar refractivity (Wildman–Crippen MR) is 124 cm³/mol. The van der Waals surface area contributed by atoms with E-state index in [1.54, 1.807) is 42.6 Å². The summed E-state index contributed by atoms with van der Waals surface area (Å²) in [6.07, 6.45) is 1.70. The van der Waals surface area contributed by atoms with Crippen molar-refractivity contribution in [3.8, 4) is 5.82 Å². The Morgan fingerprint density at radius 1 is 1.10 bits per heavy atom. The van der Waals surface area contributed by atoms with Gasteiger partial charge < -0.3 is 5.32 Å². The van der Waals surface area contributed by atoms with Crippen LogP contribution in [0.1, 0.15) is 11.1 Å². The van der Waals surface area contributed by atoms with Crippen LogP contribution in [0.5, 0.6) is 0 Å². The van der Waals surface area contributed by atoms with Gasteiger partial charge in [0.25, 0.3) is 5.56 Å². The van der Waals surface area contributed by atoms with Crippen LogP contribution in [-0.2, 0) is 11.3 Å². The second-order valence-corrected chi connectivity index (χ2v) is 8.32. The molecule has 1 amide bonds. The molecule has 0 radical (unpaired) electrons. The van der Waals surface area contributed by atoms with Gasteiger partial charge in [0.05, 0.1) is 16.7 Å². The van der Waals surface area contributed by atoms with Crippen molar-refractivity contribution in [1.29, 1.82) is 0 Å². The number of aryl methyl sites for hydroxylation is 1. The molecule has 0 saturated carbocycles. The third kappa shape index (κ3) is 4.95. The molecule has 0 atom stereocenters. The fraction of sp³-hybridized carbons (Fsp3) is 0.130. The predicted octanol–water partition coefficient (Wildman–Crippen LogP) is 4.15. The van der Waals surface area contributed by atoms with Crippen LogP contribution in [0.25, 0.3) is 16.7 Å². The lowest BCUT2D eigenvalue weighted by molar-refractivity contribution is -0.118. The van der Waals surface area contributed by atoms with Gasteiger partial charge in [-0.3, -0.25) is 9.59 Å². The SMILES string of the molecule is Cc1ccc(-n2c(SCC(=O)NCc3ccc(Cl)cc3)nc3ccccc3c2=O)nc1. The van der Waals surface area contributed by atoms with E-state index in [-0.39, 0.29) is 17.2 Å². The minimum Gasteiger partial charge on any atom is -0.351 e. The molecule has 0 bridgehead atoms. The summed E-state index contributed by atoms with van der Waals surface area (Å²) in [6.45, 7) is 2.33. The normalized spacial score (nSPS) is 10.9. The first-order valence-corrected chi connectivity index (χ1v) is 11.0. The van der Waals surface area contributed by atoms with Crippen molar-refractivity contribution >= 4 is 40.2 Å². The zero-order valence-electron chi connectivity index (χ0n) is 16.7. The van der Waals surface area contributed by atoms with Gasteiger partial charge in [0.2, 0.25) is 5.91 Å².